The summed E-state index contributed by atoms with van der Waals surface area (Å²) >= 11 is 5.41. The lowest BCUT2D eigenvalue weighted by Gasteiger charge is -2.07. The van der Waals surface area contributed by atoms with Crippen LogP contribution in [0.2, 0.25) is 0 Å². The average molecular weight is 1450 g/mol. The van der Waals surface area contributed by atoms with Crippen LogP contribution < -0.4 is 0 Å². The van der Waals surface area contributed by atoms with Gasteiger partial charge in [-0.25, -0.2) is 19.9 Å². The minimum atomic E-state index is 0.842. The van der Waals surface area contributed by atoms with E-state index in [-0.39, 0.29) is 0 Å². The minimum absolute atomic E-state index is 0.842. The first kappa shape index (κ1) is 66.7. The SMILES string of the molecule is Cc1ccc(-c2c3nc(c(-c4ccc(C)cc4)c4ccc([nH]4)c(-c4ccc(C#Cc5ccc(-c6c7nc(c(-c8ccc(C)cc8)c8ccc(s8)c8ccc(s8)c(-c8ccc(C)cc8)c8nc(c(-c9ccc(C)cc9)c9ccc6s9)C=C8)C=C7)cc5)cc4)c4nc(c(-c5ccc(C)cc5)c5ccc2[nH]5)C=C4)C=C3)cc1. The molecular formula is C100H70N6S3. The van der Waals surface area contributed by atoms with Gasteiger partial charge in [-0.3, -0.25) is 0 Å². The Morgan fingerprint density at radius 1 is 0.193 bits per heavy atom. The van der Waals surface area contributed by atoms with Crippen LogP contribution in [0, 0.1) is 53.4 Å². The van der Waals surface area contributed by atoms with Gasteiger partial charge in [0, 0.05) is 106 Å². The summed E-state index contributed by atoms with van der Waals surface area (Å²) in [7, 11) is 0. The van der Waals surface area contributed by atoms with Crippen molar-refractivity contribution in [3.8, 4) is 101 Å². The van der Waals surface area contributed by atoms with E-state index in [9.17, 15) is 0 Å². The summed E-state index contributed by atoms with van der Waals surface area (Å²) in [6, 6.07) is 92.5. The Kier molecular flexibility index (Phi) is 17.0. The van der Waals surface area contributed by atoms with Crippen LogP contribution >= 0.6 is 34.0 Å². The van der Waals surface area contributed by atoms with E-state index in [0.29, 0.717) is 0 Å². The number of H-pyrrole nitrogens is 2. The Bertz CT molecular complexity index is 6780. The van der Waals surface area contributed by atoms with Crippen molar-refractivity contribution in [2.24, 2.45) is 0 Å². The van der Waals surface area contributed by atoms with Crippen molar-refractivity contribution in [2.45, 2.75) is 41.5 Å². The number of hydrogen-bond acceptors (Lipinski definition) is 7. The Morgan fingerprint density at radius 2 is 0.367 bits per heavy atom. The third kappa shape index (κ3) is 12.9. The Morgan fingerprint density at radius 3 is 0.587 bits per heavy atom. The molecule has 4 aliphatic rings. The molecule has 11 heterocycles. The van der Waals surface area contributed by atoms with Crippen LogP contribution in [0.3, 0.4) is 0 Å². The van der Waals surface area contributed by atoms with E-state index in [1.54, 1.807) is 11.3 Å². The zero-order chi connectivity index (χ0) is 73.4. The monoisotopic (exact) mass is 1450 g/mol. The van der Waals surface area contributed by atoms with E-state index >= 15 is 0 Å². The minimum Gasteiger partial charge on any atom is -0.354 e. The van der Waals surface area contributed by atoms with E-state index in [1.807, 2.05) is 22.7 Å². The topological polar surface area (TPSA) is 83.1 Å². The molecule has 4 aliphatic heterocycles. The first-order valence-electron chi connectivity index (χ1n) is 36.8. The van der Waals surface area contributed by atoms with Crippen molar-refractivity contribution in [3.05, 3.63) is 345 Å². The number of aryl methyl sites for hydroxylation is 6. The first-order chi connectivity index (χ1) is 53.4. The number of aromatic amines is 2. The maximum atomic E-state index is 5.67. The van der Waals surface area contributed by atoms with Crippen LogP contribution in [-0.2, 0) is 0 Å². The van der Waals surface area contributed by atoms with E-state index in [4.69, 9.17) is 19.9 Å². The van der Waals surface area contributed by atoms with Crippen LogP contribution in [0.4, 0.5) is 0 Å². The molecule has 0 amide bonds. The summed E-state index contributed by atoms with van der Waals surface area (Å²) in [5.41, 5.74) is 36.9. The number of rotatable bonds is 8. The molecule has 15 aromatic rings. The maximum absolute atomic E-state index is 5.67. The zero-order valence-corrected chi connectivity index (χ0v) is 63.3. The number of thiophene rings is 3. The summed E-state index contributed by atoms with van der Waals surface area (Å²) in [6.07, 6.45) is 17.5. The van der Waals surface area contributed by atoms with Crippen molar-refractivity contribution in [2.75, 3.05) is 0 Å². The summed E-state index contributed by atoms with van der Waals surface area (Å²) in [5, 5.41) is 0. The first-order valence-corrected chi connectivity index (χ1v) is 39.2. The van der Waals surface area contributed by atoms with Gasteiger partial charge in [-0.15, -0.1) is 34.0 Å². The summed E-state index contributed by atoms with van der Waals surface area (Å²) in [4.78, 5) is 30.3. The van der Waals surface area contributed by atoms with Gasteiger partial charge >= 0.3 is 0 Å². The van der Waals surface area contributed by atoms with E-state index in [0.717, 1.165) is 182 Å². The van der Waals surface area contributed by atoms with Crippen LogP contribution in [0.1, 0.15) is 90.1 Å². The average Bonchev–Trinajstić information content (AvgIpc) is 1.61. The standard InChI is InChI=1S/C100H70N6S3/c1-59-7-25-67(26-8-59)93-75-41-43-77(101-75)94(68-27-9-60(2)10-28-68)79-45-47-81(103-79)96(82-48-46-80(104-82)95(78-44-42-76(93)102-78)69-29-11-61(3)12-30-69)70-37-21-65(22-38-70)19-20-66-23-39-74(40-24-66)100-86-52-50-84(106-86)98(72-33-15-63(5)16-34-72)90-56-54-88(108-90)87-53-55-89(107-87)97(71-31-13-62(4)14-32-71)83-49-51-85(105-83)99(91-57-58-92(100)109-91)73-35-17-64(6)18-36-73/h7-18,21-58,101,104H,1-6H3. The lowest BCUT2D eigenvalue weighted by Crippen LogP contribution is -1.90. The molecule has 0 atom stereocenters. The molecule has 9 heteroatoms. The highest BCUT2D eigenvalue weighted by Gasteiger charge is 2.23. The zero-order valence-electron chi connectivity index (χ0n) is 60.9. The molecule has 518 valence electrons. The van der Waals surface area contributed by atoms with Gasteiger partial charge in [0.1, 0.15) is 0 Å². The van der Waals surface area contributed by atoms with Gasteiger partial charge in [-0.1, -0.05) is 215 Å². The fourth-order valence-electron chi connectivity index (χ4n) is 15.1. The van der Waals surface area contributed by atoms with Crippen molar-refractivity contribution >= 4 is 133 Å². The second-order valence-corrected chi connectivity index (χ2v) is 31.8. The van der Waals surface area contributed by atoms with Gasteiger partial charge in [-0.05, 0) is 220 Å². The largest absolute Gasteiger partial charge is 0.354 e. The Hall–Kier alpha value is -12.9. The highest BCUT2D eigenvalue weighted by atomic mass is 32.1. The quantitative estimate of drug-likeness (QED) is 0.149. The molecule has 19 rings (SSSR count). The van der Waals surface area contributed by atoms with E-state index < -0.39 is 0 Å². The predicted octanol–water partition coefficient (Wildman–Crippen LogP) is 27.5. The summed E-state index contributed by atoms with van der Waals surface area (Å²) in [5.74, 6) is 7.12. The van der Waals surface area contributed by atoms with Gasteiger partial charge in [-0.2, -0.15) is 0 Å². The molecule has 2 N–H and O–H groups in total. The molecular weight excluding hydrogens is 1380 g/mol. The molecule has 8 aromatic carbocycles. The second kappa shape index (κ2) is 27.8. The van der Waals surface area contributed by atoms with Crippen molar-refractivity contribution < 1.29 is 0 Å². The molecule has 0 fully saturated rings. The second-order valence-electron chi connectivity index (χ2n) is 28.5. The molecule has 0 saturated carbocycles. The van der Waals surface area contributed by atoms with E-state index in [2.05, 4.69) is 367 Å². The van der Waals surface area contributed by atoms with Gasteiger partial charge in [0.05, 0.1) is 45.6 Å². The fraction of sp³-hybridized carbons (Fsp3) is 0.0600. The van der Waals surface area contributed by atoms with Gasteiger partial charge in [0.2, 0.25) is 0 Å². The molecule has 0 aliphatic carbocycles. The number of benzene rings is 8. The lowest BCUT2D eigenvalue weighted by molar-refractivity contribution is 1.31. The molecule has 0 radical (unpaired) electrons. The number of hydrogen-bond donors (Lipinski definition) is 2. The molecule has 18 bridgehead atoms. The number of fused-ring (bicyclic) bond motifs is 19. The van der Waals surface area contributed by atoms with Crippen molar-refractivity contribution in [1.29, 1.82) is 0 Å². The Labute approximate surface area is 645 Å². The van der Waals surface area contributed by atoms with Crippen molar-refractivity contribution in [3.63, 3.8) is 0 Å². The van der Waals surface area contributed by atoms with Crippen LogP contribution in [0.15, 0.2) is 255 Å². The highest BCUT2D eigenvalue weighted by Crippen LogP contribution is 2.45. The third-order valence-corrected chi connectivity index (χ3v) is 24.4. The van der Waals surface area contributed by atoms with Gasteiger partial charge in [0.25, 0.3) is 0 Å². The lowest BCUT2D eigenvalue weighted by atomic mass is 10.0. The van der Waals surface area contributed by atoms with Gasteiger partial charge < -0.3 is 9.97 Å². The van der Waals surface area contributed by atoms with E-state index in [1.165, 1.54) is 47.5 Å². The normalized spacial score (nSPS) is 12.1. The highest BCUT2D eigenvalue weighted by molar-refractivity contribution is 7.31. The number of aromatic nitrogens is 6. The molecule has 6 nitrogen and oxygen atoms in total. The Balaban J connectivity index is 0.752. The molecule has 0 saturated heterocycles. The van der Waals surface area contributed by atoms with Crippen LogP contribution in [0.5, 0.6) is 0 Å². The van der Waals surface area contributed by atoms with Crippen molar-refractivity contribution in [1.82, 2.24) is 29.9 Å². The molecule has 0 spiro atoms. The third-order valence-electron chi connectivity index (χ3n) is 20.8. The molecule has 7 aromatic heterocycles. The number of nitrogens with one attached hydrogen (secondary N) is 2. The number of nitrogens with zero attached hydrogens (tertiary/aromatic N) is 4. The summed E-state index contributed by atoms with van der Waals surface area (Å²) < 4.78 is 6.96. The smallest absolute Gasteiger partial charge is 0.0737 e. The fourth-order valence-corrected chi connectivity index (χ4v) is 18.5. The predicted molar refractivity (Wildman–Crippen MR) is 467 cm³/mol. The van der Waals surface area contributed by atoms with Gasteiger partial charge in [0.15, 0.2) is 0 Å². The van der Waals surface area contributed by atoms with Crippen LogP contribution in [0.25, 0.3) is 188 Å². The van der Waals surface area contributed by atoms with Crippen LogP contribution in [-0.4, -0.2) is 29.9 Å². The molecule has 109 heavy (non-hydrogen) atoms. The molecule has 0 unspecified atom stereocenters. The maximum Gasteiger partial charge on any atom is 0.0737 e. The summed E-state index contributed by atoms with van der Waals surface area (Å²) in [6.45, 7) is 12.8.